The minimum atomic E-state index is -1.41. The van der Waals surface area contributed by atoms with Crippen LogP contribution in [0.15, 0.2) is 23.1 Å². The van der Waals surface area contributed by atoms with Gasteiger partial charge in [0.05, 0.1) is 9.82 Å². The van der Waals surface area contributed by atoms with Gasteiger partial charge in [0.15, 0.2) is 0 Å². The topological polar surface area (TPSA) is 119 Å². The summed E-state index contributed by atoms with van der Waals surface area (Å²) < 4.78 is 5.18. The molecule has 148 valence electrons. The van der Waals surface area contributed by atoms with E-state index in [1.807, 2.05) is 0 Å². The summed E-state index contributed by atoms with van der Waals surface area (Å²) in [7, 11) is 0. The Balaban J connectivity index is 2.19. The molecule has 1 saturated heterocycles. The largest absolute Gasteiger partial charge is 0.480 e. The van der Waals surface area contributed by atoms with Crippen molar-refractivity contribution >= 4 is 29.3 Å². The fraction of sp³-hybridized carbons (Fsp3) is 0.556. The summed E-state index contributed by atoms with van der Waals surface area (Å²) in [6.45, 7) is 4.63. The van der Waals surface area contributed by atoms with Gasteiger partial charge in [-0.2, -0.15) is 0 Å². The first-order chi connectivity index (χ1) is 12.7. The molecule has 0 unspecified atom stereocenters. The molecule has 1 aromatic carbocycles. The average Bonchev–Trinajstić information content (AvgIpc) is 2.62. The fourth-order valence-electron chi connectivity index (χ4n) is 2.73. The third-order valence-corrected chi connectivity index (χ3v) is 5.58. The van der Waals surface area contributed by atoms with Crippen LogP contribution in [0.4, 0.5) is 5.69 Å². The Morgan fingerprint density at radius 2 is 2.04 bits per heavy atom. The molecule has 0 aromatic heterocycles. The number of amides is 1. The predicted molar refractivity (Wildman–Crippen MR) is 101 cm³/mol. The number of carboxylic acids is 1. The Kier molecular flexibility index (Phi) is 7.20. The number of carboxylic acid groups (broad SMARTS) is 1. The Morgan fingerprint density at radius 3 is 2.59 bits per heavy atom. The Morgan fingerprint density at radius 1 is 1.37 bits per heavy atom. The summed E-state index contributed by atoms with van der Waals surface area (Å²) in [5.41, 5.74) is -1.48. The van der Waals surface area contributed by atoms with Crippen molar-refractivity contribution in [3.63, 3.8) is 0 Å². The molecule has 0 aliphatic carbocycles. The van der Waals surface area contributed by atoms with E-state index in [2.05, 4.69) is 19.2 Å². The zero-order valence-corrected chi connectivity index (χ0v) is 16.2. The van der Waals surface area contributed by atoms with E-state index in [1.54, 1.807) is 6.07 Å². The number of ether oxygens (including phenoxy) is 1. The predicted octanol–water partition coefficient (Wildman–Crippen LogP) is 3.10. The summed E-state index contributed by atoms with van der Waals surface area (Å²) in [6, 6.07) is 4.26. The number of rotatable bonds is 8. The number of carbonyl (C=O) groups is 2. The van der Waals surface area contributed by atoms with Crippen LogP contribution in [0.2, 0.25) is 0 Å². The van der Waals surface area contributed by atoms with Gasteiger partial charge in [-0.15, -0.1) is 11.8 Å². The van der Waals surface area contributed by atoms with Crippen LogP contribution in [0.25, 0.3) is 0 Å². The van der Waals surface area contributed by atoms with Crippen LogP contribution in [0.5, 0.6) is 0 Å². The Labute approximate surface area is 161 Å². The number of nitro groups is 1. The number of benzene rings is 1. The van der Waals surface area contributed by atoms with Crippen molar-refractivity contribution in [2.24, 2.45) is 5.92 Å². The van der Waals surface area contributed by atoms with E-state index < -0.39 is 22.3 Å². The van der Waals surface area contributed by atoms with E-state index in [-0.39, 0.29) is 37.3 Å². The molecule has 1 aliphatic heterocycles. The number of nitro benzene ring substituents is 1. The average molecular weight is 396 g/mol. The molecule has 0 saturated carbocycles. The molecule has 27 heavy (non-hydrogen) atoms. The van der Waals surface area contributed by atoms with Gasteiger partial charge in [-0.1, -0.05) is 13.8 Å². The van der Waals surface area contributed by atoms with Crippen LogP contribution in [0.1, 0.15) is 43.5 Å². The van der Waals surface area contributed by atoms with Crippen molar-refractivity contribution in [3.05, 3.63) is 33.9 Å². The SMILES string of the molecule is CC(C)CCSc1ccc(C(=O)NC2(C(=O)O)CCOCC2)cc1[N+](=O)[O-]. The minimum Gasteiger partial charge on any atom is -0.480 e. The molecular formula is C18H24N2O6S. The lowest BCUT2D eigenvalue weighted by molar-refractivity contribution is -0.387. The molecule has 8 nitrogen and oxygen atoms in total. The summed E-state index contributed by atoms with van der Waals surface area (Å²) in [4.78, 5) is 35.6. The van der Waals surface area contributed by atoms with Gasteiger partial charge in [0.2, 0.25) is 0 Å². The first-order valence-electron chi connectivity index (χ1n) is 8.80. The van der Waals surface area contributed by atoms with Crippen molar-refractivity contribution < 1.29 is 24.4 Å². The molecule has 1 fully saturated rings. The molecule has 2 N–H and O–H groups in total. The maximum absolute atomic E-state index is 12.6. The molecule has 2 rings (SSSR count). The quantitative estimate of drug-likeness (QED) is 0.394. The number of carbonyl (C=O) groups excluding carboxylic acids is 1. The second-order valence-corrected chi connectivity index (χ2v) is 8.06. The minimum absolute atomic E-state index is 0.0713. The van der Waals surface area contributed by atoms with Crippen molar-refractivity contribution in [2.75, 3.05) is 19.0 Å². The van der Waals surface area contributed by atoms with E-state index in [1.165, 1.54) is 23.9 Å². The van der Waals surface area contributed by atoms with Gasteiger partial charge in [-0.25, -0.2) is 4.79 Å². The molecule has 1 heterocycles. The number of nitrogens with zero attached hydrogens (tertiary/aromatic N) is 1. The maximum atomic E-state index is 12.6. The highest BCUT2D eigenvalue weighted by Crippen LogP contribution is 2.31. The Hall–Kier alpha value is -2.13. The highest BCUT2D eigenvalue weighted by molar-refractivity contribution is 7.99. The summed E-state index contributed by atoms with van der Waals surface area (Å²) in [5.74, 6) is -0.532. The molecule has 1 aliphatic rings. The Bertz CT molecular complexity index is 716. The lowest BCUT2D eigenvalue weighted by Crippen LogP contribution is -2.57. The number of hydrogen-bond donors (Lipinski definition) is 2. The molecule has 9 heteroatoms. The first-order valence-corrected chi connectivity index (χ1v) is 9.78. The van der Waals surface area contributed by atoms with E-state index in [9.17, 15) is 24.8 Å². The van der Waals surface area contributed by atoms with Gasteiger partial charge in [-0.3, -0.25) is 14.9 Å². The van der Waals surface area contributed by atoms with E-state index in [4.69, 9.17) is 4.74 Å². The molecule has 1 amide bonds. The zero-order chi connectivity index (χ0) is 20.0. The van der Waals surface area contributed by atoms with Gasteiger partial charge in [0.25, 0.3) is 11.6 Å². The second kappa shape index (κ2) is 9.18. The van der Waals surface area contributed by atoms with Gasteiger partial charge >= 0.3 is 5.97 Å². The smallest absolute Gasteiger partial charge is 0.329 e. The summed E-state index contributed by atoms with van der Waals surface area (Å²) in [6.07, 6.45) is 1.23. The van der Waals surface area contributed by atoms with Crippen molar-refractivity contribution in [1.82, 2.24) is 5.32 Å². The highest BCUT2D eigenvalue weighted by atomic mass is 32.2. The van der Waals surface area contributed by atoms with Crippen LogP contribution in [0, 0.1) is 16.0 Å². The lowest BCUT2D eigenvalue weighted by atomic mass is 9.89. The maximum Gasteiger partial charge on any atom is 0.329 e. The molecule has 0 spiro atoms. The fourth-order valence-corrected chi connectivity index (χ4v) is 3.98. The summed E-state index contributed by atoms with van der Waals surface area (Å²) in [5, 5.41) is 23.5. The van der Waals surface area contributed by atoms with E-state index in [0.717, 1.165) is 12.2 Å². The van der Waals surface area contributed by atoms with Gasteiger partial charge in [0, 0.05) is 37.7 Å². The molecule has 0 atom stereocenters. The van der Waals surface area contributed by atoms with Crippen LogP contribution >= 0.6 is 11.8 Å². The van der Waals surface area contributed by atoms with E-state index in [0.29, 0.717) is 10.8 Å². The number of hydrogen-bond acceptors (Lipinski definition) is 6. The third-order valence-electron chi connectivity index (χ3n) is 4.48. The molecular weight excluding hydrogens is 372 g/mol. The third kappa shape index (κ3) is 5.43. The van der Waals surface area contributed by atoms with Crippen molar-refractivity contribution in [1.29, 1.82) is 0 Å². The van der Waals surface area contributed by atoms with Crippen LogP contribution in [0.3, 0.4) is 0 Å². The molecule has 1 aromatic rings. The monoisotopic (exact) mass is 396 g/mol. The van der Waals surface area contributed by atoms with Crippen molar-refractivity contribution in [3.8, 4) is 0 Å². The van der Waals surface area contributed by atoms with Crippen molar-refractivity contribution in [2.45, 2.75) is 43.5 Å². The number of nitrogens with one attached hydrogen (secondary N) is 1. The van der Waals surface area contributed by atoms with Gasteiger partial charge in [0.1, 0.15) is 5.54 Å². The van der Waals surface area contributed by atoms with Crippen LogP contribution < -0.4 is 5.32 Å². The standard InChI is InChI=1S/C18H24N2O6S/c1-12(2)5-10-27-15-4-3-13(11-14(15)20(24)25)16(21)19-18(17(22)23)6-8-26-9-7-18/h3-4,11-12H,5-10H2,1-2H3,(H,19,21)(H,22,23). The molecule has 0 bridgehead atoms. The van der Waals surface area contributed by atoms with Gasteiger partial charge < -0.3 is 15.2 Å². The lowest BCUT2D eigenvalue weighted by Gasteiger charge is -2.33. The van der Waals surface area contributed by atoms with Gasteiger partial charge in [-0.05, 0) is 30.2 Å². The zero-order valence-electron chi connectivity index (χ0n) is 15.4. The second-order valence-electron chi connectivity index (χ2n) is 6.92. The van der Waals surface area contributed by atoms with E-state index >= 15 is 0 Å². The van der Waals surface area contributed by atoms with Crippen LogP contribution in [-0.4, -0.2) is 46.4 Å². The van der Waals surface area contributed by atoms with Crippen LogP contribution in [-0.2, 0) is 9.53 Å². The first kappa shape index (κ1) is 21.2. The normalized spacial score (nSPS) is 16.1. The highest BCUT2D eigenvalue weighted by Gasteiger charge is 2.41. The number of thioether (sulfide) groups is 1. The summed E-state index contributed by atoms with van der Waals surface area (Å²) >= 11 is 1.38. The number of aliphatic carboxylic acids is 1. The molecule has 0 radical (unpaired) electrons.